The van der Waals surface area contributed by atoms with E-state index in [4.69, 9.17) is 9.47 Å². The highest BCUT2D eigenvalue weighted by molar-refractivity contribution is 5.68. The number of nitrogens with one attached hydrogen (secondary N) is 2. The third-order valence-electron chi connectivity index (χ3n) is 3.22. The van der Waals surface area contributed by atoms with E-state index < -0.39 is 23.4 Å². The van der Waals surface area contributed by atoms with Gasteiger partial charge in [0.05, 0.1) is 0 Å². The van der Waals surface area contributed by atoms with E-state index >= 15 is 0 Å². The number of hydrogen-bond acceptors (Lipinski definition) is 5. The molecule has 26 heavy (non-hydrogen) atoms. The lowest BCUT2D eigenvalue weighted by Crippen LogP contribution is -2.42. The van der Waals surface area contributed by atoms with Gasteiger partial charge < -0.3 is 20.1 Å². The van der Waals surface area contributed by atoms with Crippen LogP contribution in [-0.2, 0) is 9.47 Å². The lowest BCUT2D eigenvalue weighted by molar-refractivity contribution is 0.0520. The van der Waals surface area contributed by atoms with Crippen molar-refractivity contribution in [3.63, 3.8) is 0 Å². The Morgan fingerprint density at radius 3 is 1.50 bits per heavy atom. The summed E-state index contributed by atoms with van der Waals surface area (Å²) in [6.07, 6.45) is 0.236. The molecule has 0 atom stereocenters. The number of hydrogen-bond donors (Lipinski definition) is 2. The minimum Gasteiger partial charge on any atom is -0.444 e. The summed E-state index contributed by atoms with van der Waals surface area (Å²) in [7, 11) is 0. The second-order valence-electron chi connectivity index (χ2n) is 8.88. The lowest BCUT2D eigenvalue weighted by Gasteiger charge is -2.25. The number of carbonyl (C=O) groups excluding carboxylic acids is 2. The first-order valence-electron chi connectivity index (χ1n) is 9.44. The molecular weight excluding hydrogens is 334 g/mol. The van der Waals surface area contributed by atoms with Crippen molar-refractivity contribution in [2.24, 2.45) is 5.92 Å². The van der Waals surface area contributed by atoms with Crippen LogP contribution in [-0.4, -0.2) is 61.0 Å². The van der Waals surface area contributed by atoms with Gasteiger partial charge in [-0.25, -0.2) is 9.59 Å². The Morgan fingerprint density at radius 2 is 1.19 bits per heavy atom. The van der Waals surface area contributed by atoms with Crippen molar-refractivity contribution in [3.05, 3.63) is 0 Å². The van der Waals surface area contributed by atoms with Gasteiger partial charge in [0.1, 0.15) is 11.2 Å². The van der Waals surface area contributed by atoms with Crippen molar-refractivity contribution in [1.29, 1.82) is 0 Å². The third kappa shape index (κ3) is 16.0. The van der Waals surface area contributed by atoms with Crippen LogP contribution in [0.3, 0.4) is 0 Å². The molecule has 0 bridgehead atoms. The summed E-state index contributed by atoms with van der Waals surface area (Å²) in [5, 5.41) is 5.55. The minimum atomic E-state index is -0.501. The van der Waals surface area contributed by atoms with Crippen LogP contribution in [0.4, 0.5) is 9.59 Å². The molecule has 2 N–H and O–H groups in total. The normalized spacial score (nSPS) is 12.2. The quantitative estimate of drug-likeness (QED) is 0.648. The fraction of sp³-hybridized carbons (Fsp3) is 0.895. The maximum atomic E-state index is 11.7. The van der Waals surface area contributed by atoms with Crippen LogP contribution >= 0.6 is 0 Å². The Hall–Kier alpha value is -1.50. The molecule has 0 aromatic rings. The largest absolute Gasteiger partial charge is 0.444 e. The molecule has 2 amide bonds. The Morgan fingerprint density at radius 1 is 0.808 bits per heavy atom. The molecule has 0 fully saturated rings. The predicted molar refractivity (Wildman–Crippen MR) is 104 cm³/mol. The minimum absolute atomic E-state index is 0.409. The Bertz CT molecular complexity index is 391. The summed E-state index contributed by atoms with van der Waals surface area (Å²) in [6.45, 7) is 18.7. The molecule has 0 aliphatic rings. The molecule has 154 valence electrons. The van der Waals surface area contributed by atoms with E-state index in [0.717, 1.165) is 13.0 Å². The average Bonchev–Trinajstić information content (AvgIpc) is 2.39. The van der Waals surface area contributed by atoms with Crippen LogP contribution in [0.5, 0.6) is 0 Å². The maximum absolute atomic E-state index is 11.7. The molecule has 0 unspecified atom stereocenters. The molecule has 0 aliphatic heterocycles. The lowest BCUT2D eigenvalue weighted by atomic mass is 10.1. The summed E-state index contributed by atoms with van der Waals surface area (Å²) in [4.78, 5) is 25.7. The second-order valence-corrected chi connectivity index (χ2v) is 8.88. The Labute approximate surface area is 159 Å². The van der Waals surface area contributed by atoms with Gasteiger partial charge in [0.2, 0.25) is 0 Å². The highest BCUT2D eigenvalue weighted by atomic mass is 16.6. The monoisotopic (exact) mass is 373 g/mol. The topological polar surface area (TPSA) is 79.9 Å². The first kappa shape index (κ1) is 24.5. The molecule has 0 spiro atoms. The fourth-order valence-corrected chi connectivity index (χ4v) is 2.04. The fourth-order valence-electron chi connectivity index (χ4n) is 2.04. The van der Waals surface area contributed by atoms with E-state index in [1.165, 1.54) is 0 Å². The van der Waals surface area contributed by atoms with E-state index in [1.807, 2.05) is 41.5 Å². The van der Waals surface area contributed by atoms with Crippen molar-refractivity contribution in [2.75, 3.05) is 32.7 Å². The molecule has 0 aliphatic carbocycles. The van der Waals surface area contributed by atoms with Gasteiger partial charge in [-0.1, -0.05) is 13.8 Å². The number of ether oxygens (including phenoxy) is 2. The Balaban J connectivity index is 4.27. The zero-order valence-corrected chi connectivity index (χ0v) is 17.9. The highest BCUT2D eigenvalue weighted by Crippen LogP contribution is 2.07. The zero-order valence-electron chi connectivity index (χ0n) is 17.9. The molecule has 0 saturated heterocycles. The molecule has 0 saturated carbocycles. The van der Waals surface area contributed by atoms with Crippen molar-refractivity contribution < 1.29 is 19.1 Å². The van der Waals surface area contributed by atoms with E-state index in [1.54, 1.807) is 0 Å². The number of nitrogens with zero attached hydrogens (tertiary/aromatic N) is 1. The van der Waals surface area contributed by atoms with E-state index in [9.17, 15) is 9.59 Å². The zero-order chi connectivity index (χ0) is 20.4. The van der Waals surface area contributed by atoms with Gasteiger partial charge in [0.15, 0.2) is 0 Å². The summed E-state index contributed by atoms with van der Waals surface area (Å²) >= 11 is 0. The number of amides is 2. The van der Waals surface area contributed by atoms with Gasteiger partial charge in [-0.2, -0.15) is 0 Å². The SMILES string of the molecule is CC(C)CCN(CCNC(=O)OC(C)(C)C)CCNC(=O)OC(C)(C)C. The molecular formula is C19H39N3O4. The van der Waals surface area contributed by atoms with Crippen molar-refractivity contribution in [2.45, 2.75) is 73.0 Å². The van der Waals surface area contributed by atoms with Crippen LogP contribution in [0.15, 0.2) is 0 Å². The highest BCUT2D eigenvalue weighted by Gasteiger charge is 2.17. The first-order valence-corrected chi connectivity index (χ1v) is 9.44. The predicted octanol–water partition coefficient (Wildman–Crippen LogP) is 3.38. The van der Waals surface area contributed by atoms with Crippen molar-refractivity contribution in [3.8, 4) is 0 Å². The third-order valence-corrected chi connectivity index (χ3v) is 3.22. The smallest absolute Gasteiger partial charge is 0.407 e. The standard InChI is InChI=1S/C19H39N3O4/c1-15(2)9-12-22(13-10-20-16(23)25-18(3,4)5)14-11-21-17(24)26-19(6,7)8/h15H,9-14H2,1-8H3,(H,20,23)(H,21,24). The van der Waals surface area contributed by atoms with Gasteiger partial charge in [0.25, 0.3) is 0 Å². The summed E-state index contributed by atoms with van der Waals surface area (Å²) in [6, 6.07) is 0. The van der Waals surface area contributed by atoms with Gasteiger partial charge in [-0.15, -0.1) is 0 Å². The number of carbonyl (C=O) groups is 2. The van der Waals surface area contributed by atoms with E-state index in [-0.39, 0.29) is 0 Å². The average molecular weight is 374 g/mol. The maximum Gasteiger partial charge on any atom is 0.407 e. The molecule has 0 heterocycles. The van der Waals surface area contributed by atoms with E-state index in [2.05, 4.69) is 29.4 Å². The first-order chi connectivity index (χ1) is 11.8. The number of alkyl carbamates (subject to hydrolysis) is 2. The van der Waals surface area contributed by atoms with Crippen LogP contribution in [0.1, 0.15) is 61.8 Å². The van der Waals surface area contributed by atoms with Gasteiger partial charge in [0, 0.05) is 26.2 Å². The number of rotatable bonds is 9. The van der Waals surface area contributed by atoms with E-state index in [0.29, 0.717) is 32.1 Å². The van der Waals surface area contributed by atoms with Gasteiger partial charge >= 0.3 is 12.2 Å². The Kier molecular flexibility index (Phi) is 10.6. The molecule has 0 aromatic heterocycles. The molecule has 0 aromatic carbocycles. The van der Waals surface area contributed by atoms with Gasteiger partial charge in [-0.3, -0.25) is 4.90 Å². The van der Waals surface area contributed by atoms with Crippen molar-refractivity contribution in [1.82, 2.24) is 15.5 Å². The van der Waals surface area contributed by atoms with Gasteiger partial charge in [-0.05, 0) is 60.4 Å². The molecule has 7 nitrogen and oxygen atoms in total. The summed E-state index contributed by atoms with van der Waals surface area (Å²) in [5.74, 6) is 0.593. The van der Waals surface area contributed by atoms with Crippen LogP contribution in [0.25, 0.3) is 0 Å². The summed E-state index contributed by atoms with van der Waals surface area (Å²) < 4.78 is 10.5. The molecule has 7 heteroatoms. The molecule has 0 radical (unpaired) electrons. The second kappa shape index (κ2) is 11.3. The molecule has 0 rings (SSSR count). The van der Waals surface area contributed by atoms with Crippen LogP contribution in [0.2, 0.25) is 0 Å². The van der Waals surface area contributed by atoms with Crippen molar-refractivity contribution >= 4 is 12.2 Å². The van der Waals surface area contributed by atoms with Crippen LogP contribution in [0, 0.1) is 5.92 Å². The summed E-state index contributed by atoms with van der Waals surface area (Å²) in [5.41, 5.74) is -1.00. The van der Waals surface area contributed by atoms with Crippen LogP contribution < -0.4 is 10.6 Å².